The van der Waals surface area contributed by atoms with Crippen LogP contribution >= 0.6 is 0 Å². The largest absolute Gasteiger partial charge is 0.481 e. The van der Waals surface area contributed by atoms with E-state index in [-0.39, 0.29) is 49.4 Å². The summed E-state index contributed by atoms with van der Waals surface area (Å²) in [6, 6.07) is 25.2. The standard InChI is InChI=1S/C37H40N4O7/c1-25(48-37(2,3)4)36(35-30-16-10-8-14-28(30)29-15-9-11-17-31(29)35)47-33(24-44)39-20-27(22-42)40-41(21-26-12-6-5-7-13-26)32(23-43)38-19-18-34(45)46/h5-17,25,35-36,38-40H,18-21H2,1-4H3,(H,45,46)/t25-,36-/m1/s1. The number of hydrogen-bond donors (Lipinski definition) is 4. The molecule has 0 fully saturated rings. The third-order valence-electron chi connectivity index (χ3n) is 7.56. The summed E-state index contributed by atoms with van der Waals surface area (Å²) in [4.78, 5) is 47.4. The minimum atomic E-state index is -1.05. The Hall–Kier alpha value is -5.56. The van der Waals surface area contributed by atoms with E-state index in [1.807, 2.05) is 100 Å². The topological polar surface area (TPSA) is 146 Å². The van der Waals surface area contributed by atoms with Gasteiger partial charge < -0.3 is 25.2 Å². The Balaban J connectivity index is 1.56. The van der Waals surface area contributed by atoms with Crippen LogP contribution in [-0.4, -0.2) is 64.8 Å². The molecule has 0 bridgehead atoms. The lowest BCUT2D eigenvalue weighted by atomic mass is 9.88. The van der Waals surface area contributed by atoms with Gasteiger partial charge in [-0.1, -0.05) is 78.9 Å². The van der Waals surface area contributed by atoms with Crippen LogP contribution in [0.5, 0.6) is 0 Å². The highest BCUT2D eigenvalue weighted by Crippen LogP contribution is 2.48. The van der Waals surface area contributed by atoms with Gasteiger partial charge in [-0.25, -0.2) is 14.4 Å². The van der Waals surface area contributed by atoms with Gasteiger partial charge >= 0.3 is 5.97 Å². The number of nitrogens with zero attached hydrogens (tertiary/aromatic N) is 1. The Morgan fingerprint density at radius 3 is 2.02 bits per heavy atom. The van der Waals surface area contributed by atoms with Gasteiger partial charge in [0.15, 0.2) is 11.9 Å². The van der Waals surface area contributed by atoms with Gasteiger partial charge in [-0.15, -0.1) is 0 Å². The predicted molar refractivity (Wildman–Crippen MR) is 180 cm³/mol. The Bertz CT molecular complexity index is 1690. The summed E-state index contributed by atoms with van der Waals surface area (Å²) in [5, 5.41) is 15.9. The number of nitrogens with one attached hydrogen (secondary N) is 3. The van der Waals surface area contributed by atoms with Gasteiger partial charge in [-0.05, 0) is 55.5 Å². The summed E-state index contributed by atoms with van der Waals surface area (Å²) >= 11 is 0. The third-order valence-corrected chi connectivity index (χ3v) is 7.56. The smallest absolute Gasteiger partial charge is 0.305 e. The molecule has 0 radical (unpaired) electrons. The van der Waals surface area contributed by atoms with E-state index in [1.54, 1.807) is 11.9 Å². The fourth-order valence-electron chi connectivity index (χ4n) is 5.69. The molecule has 1 aliphatic rings. The first kappa shape index (κ1) is 35.3. The molecule has 0 aliphatic heterocycles. The number of hydrazine groups is 1. The van der Waals surface area contributed by atoms with E-state index in [0.29, 0.717) is 0 Å². The number of carboxylic acid groups (broad SMARTS) is 1. The van der Waals surface area contributed by atoms with Gasteiger partial charge in [0, 0.05) is 12.5 Å². The van der Waals surface area contributed by atoms with Crippen molar-refractivity contribution in [2.24, 2.45) is 0 Å². The van der Waals surface area contributed by atoms with Crippen molar-refractivity contribution in [3.8, 4) is 11.1 Å². The number of benzene rings is 3. The molecule has 1 aliphatic carbocycles. The lowest BCUT2D eigenvalue weighted by Crippen LogP contribution is -2.44. The molecule has 4 rings (SSSR count). The molecule has 0 amide bonds. The second kappa shape index (κ2) is 16.3. The molecule has 3 aromatic carbocycles. The molecular weight excluding hydrogens is 612 g/mol. The van der Waals surface area contributed by atoms with Crippen LogP contribution in [-0.2, 0) is 35.2 Å². The molecule has 48 heavy (non-hydrogen) atoms. The molecule has 4 N–H and O–H groups in total. The monoisotopic (exact) mass is 652 g/mol. The maximum Gasteiger partial charge on any atom is 0.305 e. The normalized spacial score (nSPS) is 12.9. The van der Waals surface area contributed by atoms with Crippen molar-refractivity contribution in [3.05, 3.63) is 113 Å². The molecule has 3 aromatic rings. The molecule has 0 unspecified atom stereocenters. The molecule has 0 spiro atoms. The van der Waals surface area contributed by atoms with Gasteiger partial charge in [0.2, 0.25) is 5.82 Å². The van der Waals surface area contributed by atoms with Gasteiger partial charge in [0.25, 0.3) is 5.88 Å². The first-order valence-electron chi connectivity index (χ1n) is 15.6. The van der Waals surface area contributed by atoms with Gasteiger partial charge in [-0.3, -0.25) is 15.2 Å². The van der Waals surface area contributed by atoms with Crippen molar-refractivity contribution in [1.82, 2.24) is 21.1 Å². The number of ether oxygens (including phenoxy) is 2. The molecule has 0 saturated heterocycles. The lowest BCUT2D eigenvalue weighted by molar-refractivity contribution is -0.136. The summed E-state index contributed by atoms with van der Waals surface area (Å²) in [5.74, 6) is 3.69. The van der Waals surface area contributed by atoms with Crippen LogP contribution < -0.4 is 16.1 Å². The van der Waals surface area contributed by atoms with Crippen molar-refractivity contribution >= 4 is 23.8 Å². The Morgan fingerprint density at radius 1 is 0.875 bits per heavy atom. The van der Waals surface area contributed by atoms with Crippen LogP contribution in [0, 0.1) is 0 Å². The third kappa shape index (κ3) is 9.26. The Labute approximate surface area is 279 Å². The molecule has 250 valence electrons. The first-order valence-corrected chi connectivity index (χ1v) is 15.6. The minimum Gasteiger partial charge on any atom is -0.481 e. The van der Waals surface area contributed by atoms with Crippen LogP contribution in [0.2, 0.25) is 0 Å². The number of rotatable bonds is 17. The summed E-state index contributed by atoms with van der Waals surface area (Å²) in [6.45, 7) is 7.52. The molecule has 0 saturated carbocycles. The maximum absolute atomic E-state index is 12.3. The summed E-state index contributed by atoms with van der Waals surface area (Å²) in [5.41, 5.74) is 7.24. The van der Waals surface area contributed by atoms with E-state index < -0.39 is 23.8 Å². The molecule has 0 aromatic heterocycles. The van der Waals surface area contributed by atoms with Crippen LogP contribution in [0.1, 0.15) is 56.7 Å². The average molecular weight is 653 g/mol. The van der Waals surface area contributed by atoms with E-state index in [0.717, 1.165) is 27.8 Å². The molecule has 2 atom stereocenters. The minimum absolute atomic E-state index is 0.0548. The van der Waals surface area contributed by atoms with Gasteiger partial charge in [0.1, 0.15) is 17.7 Å². The number of carboxylic acids is 1. The van der Waals surface area contributed by atoms with E-state index in [1.165, 1.54) is 5.01 Å². The van der Waals surface area contributed by atoms with Crippen molar-refractivity contribution < 1.29 is 33.8 Å². The van der Waals surface area contributed by atoms with Crippen LogP contribution in [0.15, 0.2) is 96.3 Å². The summed E-state index contributed by atoms with van der Waals surface area (Å²) < 4.78 is 12.7. The highest BCUT2D eigenvalue weighted by molar-refractivity contribution is 5.79. The van der Waals surface area contributed by atoms with E-state index in [2.05, 4.69) is 28.2 Å². The number of aliphatic carboxylic acids is 1. The summed E-state index contributed by atoms with van der Waals surface area (Å²) in [7, 11) is 0. The zero-order valence-electron chi connectivity index (χ0n) is 27.4. The predicted octanol–water partition coefficient (Wildman–Crippen LogP) is 4.11. The fraction of sp³-hybridized carbons (Fsp3) is 0.324. The quantitative estimate of drug-likeness (QED) is 0.0950. The van der Waals surface area contributed by atoms with Crippen LogP contribution in [0.25, 0.3) is 11.1 Å². The SMILES string of the molecule is C[C@@H](OC(C)(C)C)[C@@H](OC(=C=O)NCC(=C=O)NN(Cc1ccccc1)C(=C=O)NCCC(=O)O)C1c2ccccc2-c2ccccc21. The van der Waals surface area contributed by atoms with E-state index in [4.69, 9.17) is 14.6 Å². The molecule has 11 nitrogen and oxygen atoms in total. The fourth-order valence-corrected chi connectivity index (χ4v) is 5.69. The van der Waals surface area contributed by atoms with Crippen LogP contribution in [0.3, 0.4) is 0 Å². The van der Waals surface area contributed by atoms with Gasteiger partial charge in [0.05, 0.1) is 31.2 Å². The van der Waals surface area contributed by atoms with Crippen molar-refractivity contribution in [2.75, 3.05) is 13.1 Å². The number of carbonyl (C=O) groups is 1. The van der Waals surface area contributed by atoms with Crippen LogP contribution in [0.4, 0.5) is 0 Å². The van der Waals surface area contributed by atoms with E-state index in [9.17, 15) is 19.2 Å². The van der Waals surface area contributed by atoms with Crippen molar-refractivity contribution in [1.29, 1.82) is 0 Å². The molecule has 11 heteroatoms. The highest BCUT2D eigenvalue weighted by atomic mass is 16.6. The van der Waals surface area contributed by atoms with Crippen molar-refractivity contribution in [2.45, 2.75) is 64.4 Å². The average Bonchev–Trinajstić information content (AvgIpc) is 3.39. The van der Waals surface area contributed by atoms with Crippen molar-refractivity contribution in [3.63, 3.8) is 0 Å². The molecule has 0 heterocycles. The number of hydrogen-bond acceptors (Lipinski definition) is 10. The highest BCUT2D eigenvalue weighted by Gasteiger charge is 2.40. The van der Waals surface area contributed by atoms with Gasteiger partial charge in [-0.2, -0.15) is 0 Å². The lowest BCUT2D eigenvalue weighted by Gasteiger charge is -2.35. The molecular formula is C37H40N4O7. The number of carbonyl (C=O) groups excluding carboxylic acids is 3. The Kier molecular flexibility index (Phi) is 12.0. The maximum atomic E-state index is 12.3. The second-order valence-corrected chi connectivity index (χ2v) is 12.2. The Morgan fingerprint density at radius 2 is 1.48 bits per heavy atom. The number of fused-ring (bicyclic) bond motifs is 3. The van der Waals surface area contributed by atoms with E-state index >= 15 is 0 Å². The zero-order valence-corrected chi connectivity index (χ0v) is 27.4. The second-order valence-electron chi connectivity index (χ2n) is 12.2. The first-order chi connectivity index (χ1) is 23.0. The zero-order chi connectivity index (χ0) is 34.7. The summed E-state index contributed by atoms with van der Waals surface area (Å²) in [6.07, 6.45) is -1.41.